The predicted octanol–water partition coefficient (Wildman–Crippen LogP) is 14.9. The average Bonchev–Trinajstić information content (AvgIpc) is 3.52. The van der Waals surface area contributed by atoms with Crippen LogP contribution in [0, 0.1) is 46.3 Å². The average molecular weight is 708 g/mol. The van der Waals surface area contributed by atoms with Gasteiger partial charge < -0.3 is 4.74 Å². The second kappa shape index (κ2) is 21.8. The summed E-state index contributed by atoms with van der Waals surface area (Å²) in [5, 5.41) is 0. The Morgan fingerprint density at radius 2 is 1.53 bits per heavy atom. The second-order valence-electron chi connectivity index (χ2n) is 17.4. The predicted molar refractivity (Wildman–Crippen MR) is 221 cm³/mol. The summed E-state index contributed by atoms with van der Waals surface area (Å²) in [5.74, 6) is 0.418. The summed E-state index contributed by atoms with van der Waals surface area (Å²) in [6, 6.07) is 0. The molecule has 288 valence electrons. The third-order valence-electron chi connectivity index (χ3n) is 13.9. The van der Waals surface area contributed by atoms with Crippen molar-refractivity contribution in [2.75, 3.05) is 0 Å². The molecule has 51 heavy (non-hydrogen) atoms. The number of rotatable bonds is 22. The Morgan fingerprint density at radius 1 is 0.843 bits per heavy atom. The highest BCUT2D eigenvalue weighted by Gasteiger charge is 2.59. The number of fused-ring (bicyclic) bond motifs is 5. The lowest BCUT2D eigenvalue weighted by Gasteiger charge is -2.58. The van der Waals surface area contributed by atoms with Crippen molar-refractivity contribution < 1.29 is 19.1 Å². The van der Waals surface area contributed by atoms with Crippen molar-refractivity contribution >= 4 is 5.97 Å². The van der Waals surface area contributed by atoms with E-state index in [1.165, 1.54) is 56.9 Å². The van der Waals surface area contributed by atoms with Gasteiger partial charge in [-0.1, -0.05) is 140 Å². The second-order valence-corrected chi connectivity index (χ2v) is 17.4. The highest BCUT2D eigenvalue weighted by atomic mass is 16.5. The highest BCUT2D eigenvalue weighted by molar-refractivity contribution is 5.69. The lowest BCUT2D eigenvalue weighted by Crippen LogP contribution is -2.51. The largest absolute Gasteiger partial charge is 0.462 e. The zero-order valence-corrected chi connectivity index (χ0v) is 33.2. The van der Waals surface area contributed by atoms with Crippen molar-refractivity contribution in [1.29, 1.82) is 0 Å². The van der Waals surface area contributed by atoms with Crippen molar-refractivity contribution in [2.45, 2.75) is 195 Å². The first-order chi connectivity index (χ1) is 27.5. The number of carbonyl (C=O) groups excluding carboxylic acids is 1. The van der Waals surface area contributed by atoms with Crippen LogP contribution in [0.5, 0.6) is 0 Å². The molecule has 8 atom stereocenters. The minimum atomic E-state index is -2.84. The van der Waals surface area contributed by atoms with E-state index < -0.39 is 19.6 Å². The Bertz CT molecular complexity index is 1410. The summed E-state index contributed by atoms with van der Waals surface area (Å²) in [7, 11) is 0. The van der Waals surface area contributed by atoms with Crippen molar-refractivity contribution in [3.05, 3.63) is 60.3 Å². The monoisotopic (exact) mass is 708 g/mol. The molecule has 0 aliphatic heterocycles. The van der Waals surface area contributed by atoms with Crippen LogP contribution in [0.15, 0.2) is 60.3 Å². The lowest BCUT2D eigenvalue weighted by atomic mass is 9.47. The maximum absolute atomic E-state index is 12.9. The van der Waals surface area contributed by atoms with Crippen LogP contribution in [0.4, 0.5) is 0 Å². The maximum Gasteiger partial charge on any atom is 0.306 e. The van der Waals surface area contributed by atoms with Gasteiger partial charge in [0.25, 0.3) is 0 Å². The summed E-state index contributed by atoms with van der Waals surface area (Å²) >= 11 is 0. The van der Waals surface area contributed by atoms with E-state index in [-0.39, 0.29) is 29.3 Å². The molecule has 0 aromatic heterocycles. The van der Waals surface area contributed by atoms with Gasteiger partial charge in [0.1, 0.15) is 6.10 Å². The minimum Gasteiger partial charge on any atom is -0.462 e. The molecule has 0 amide bonds. The fourth-order valence-electron chi connectivity index (χ4n) is 11.0. The van der Waals surface area contributed by atoms with Gasteiger partial charge in [0.15, 0.2) is 0 Å². The lowest BCUT2D eigenvalue weighted by molar-refractivity contribution is -0.151. The van der Waals surface area contributed by atoms with E-state index in [0.717, 1.165) is 77.0 Å². The molecule has 0 aromatic rings. The molecule has 0 bridgehead atoms. The number of allylic oxidation sites excluding steroid dienone is 9. The summed E-state index contributed by atoms with van der Waals surface area (Å²) in [6.45, 7) is 3.84. The molecule has 0 spiro atoms. The number of hydrogen-bond acceptors (Lipinski definition) is 2. The molecule has 2 nitrogen and oxygen atoms in total. The standard InChI is InChI=1S/C49H80O2/c1-7-8-9-10-11-12-13-14-15-16-17-18-19-20-21-22-23-24-25-29-47(50)51-42-34-36-48(5)41(38-42)30-31-43-45-33-32-44(40(4)28-26-27-39(2)3)49(45,6)37-35-46(43)48/h11-12,14-15,17-18,20-21,30,39-40,42-46H,7-10,13,16,19,22-29,31-38H2,1-6H3/b12-11-,15-14-,18-17-,21-20-/t40-,42+,43+,44-,45+,46+,48+,49-/m1/s1/i2D3,3D3,39D. The zero-order chi connectivity index (χ0) is 42.5. The van der Waals surface area contributed by atoms with E-state index in [9.17, 15) is 4.79 Å². The van der Waals surface area contributed by atoms with E-state index >= 15 is 0 Å². The van der Waals surface area contributed by atoms with Crippen molar-refractivity contribution in [1.82, 2.24) is 0 Å². The first kappa shape index (κ1) is 32.6. The number of hydrogen-bond donors (Lipinski definition) is 0. The van der Waals surface area contributed by atoms with Gasteiger partial charge in [-0.25, -0.2) is 0 Å². The summed E-state index contributed by atoms with van der Waals surface area (Å²) in [6.07, 6.45) is 43.2. The first-order valence-electron chi connectivity index (χ1n) is 25.0. The molecule has 0 radical (unpaired) electrons. The van der Waals surface area contributed by atoms with Crippen LogP contribution in [0.2, 0.25) is 0 Å². The smallest absolute Gasteiger partial charge is 0.306 e. The number of ether oxygens (including phenoxy) is 1. The van der Waals surface area contributed by atoms with Crippen LogP contribution in [-0.2, 0) is 9.53 Å². The van der Waals surface area contributed by atoms with Gasteiger partial charge in [0.2, 0.25) is 0 Å². The number of esters is 1. The van der Waals surface area contributed by atoms with E-state index in [4.69, 9.17) is 14.3 Å². The van der Waals surface area contributed by atoms with Crippen LogP contribution >= 0.6 is 0 Å². The minimum absolute atomic E-state index is 0.00401. The third kappa shape index (κ3) is 12.4. The van der Waals surface area contributed by atoms with Crippen LogP contribution in [0.1, 0.15) is 199 Å². The van der Waals surface area contributed by atoms with Gasteiger partial charge in [-0.3, -0.25) is 4.79 Å². The number of carbonyl (C=O) groups is 1. The van der Waals surface area contributed by atoms with E-state index in [0.29, 0.717) is 42.4 Å². The van der Waals surface area contributed by atoms with Gasteiger partial charge in [0, 0.05) is 22.4 Å². The summed E-state index contributed by atoms with van der Waals surface area (Å²) in [4.78, 5) is 12.9. The Labute approximate surface area is 326 Å². The topological polar surface area (TPSA) is 26.3 Å². The van der Waals surface area contributed by atoms with E-state index in [2.05, 4.69) is 82.4 Å². The van der Waals surface area contributed by atoms with Crippen LogP contribution in [0.25, 0.3) is 0 Å². The SMILES string of the molecule is [2H]C([2H])([2H])C([2H])(CCC[C@@H](C)[C@H]1CC[C@H]2[C@@H]3CC=C4C[C@@H](OC(=O)CCCCC/C=C\C/C=C\C/C=C\C/C=C\CCCCC)CC[C@]4(C)[C@H]3CC[C@]12C)C([2H])([2H])[2H]. The quantitative estimate of drug-likeness (QED) is 0.0636. The fourth-order valence-corrected chi connectivity index (χ4v) is 11.0. The third-order valence-corrected chi connectivity index (χ3v) is 13.9. The molecule has 2 heteroatoms. The fraction of sp³-hybridized carbons (Fsp3) is 0.776. The normalized spacial score (nSPS) is 34.2. The van der Waals surface area contributed by atoms with Gasteiger partial charge in [-0.05, 0) is 143 Å². The van der Waals surface area contributed by atoms with Gasteiger partial charge in [-0.15, -0.1) is 0 Å². The maximum atomic E-state index is 12.9. The highest BCUT2D eigenvalue weighted by Crippen LogP contribution is 2.67. The molecule has 0 unspecified atom stereocenters. The molecule has 0 saturated heterocycles. The van der Waals surface area contributed by atoms with E-state index in [1.54, 1.807) is 0 Å². The molecule has 4 rings (SSSR count). The molecule has 0 heterocycles. The van der Waals surface area contributed by atoms with Gasteiger partial charge in [0.05, 0.1) is 0 Å². The Morgan fingerprint density at radius 3 is 2.22 bits per heavy atom. The van der Waals surface area contributed by atoms with Crippen molar-refractivity contribution in [2.24, 2.45) is 46.3 Å². The Hall–Kier alpha value is -1.83. The van der Waals surface area contributed by atoms with Crippen LogP contribution in [-0.4, -0.2) is 12.1 Å². The molecular formula is C49H80O2. The molecule has 3 saturated carbocycles. The zero-order valence-electron chi connectivity index (χ0n) is 40.2. The van der Waals surface area contributed by atoms with Crippen molar-refractivity contribution in [3.8, 4) is 0 Å². The molecular weight excluding hydrogens is 621 g/mol. The molecule has 0 N–H and O–H groups in total. The Balaban J connectivity index is 1.13. The van der Waals surface area contributed by atoms with Gasteiger partial charge >= 0.3 is 5.97 Å². The molecule has 0 aromatic carbocycles. The summed E-state index contributed by atoms with van der Waals surface area (Å²) < 4.78 is 61.3. The van der Waals surface area contributed by atoms with Crippen LogP contribution in [0.3, 0.4) is 0 Å². The molecule has 4 aliphatic rings. The van der Waals surface area contributed by atoms with E-state index in [1.807, 2.05) is 0 Å². The number of unbranched alkanes of at least 4 members (excludes halogenated alkanes) is 6. The summed E-state index contributed by atoms with van der Waals surface area (Å²) in [5.41, 5.74) is 1.92. The van der Waals surface area contributed by atoms with Crippen molar-refractivity contribution in [3.63, 3.8) is 0 Å². The molecule has 4 aliphatic carbocycles. The molecule has 3 fully saturated rings. The Kier molecular flexibility index (Phi) is 13.9. The van der Waals surface area contributed by atoms with Gasteiger partial charge in [-0.2, -0.15) is 0 Å². The van der Waals surface area contributed by atoms with Crippen LogP contribution < -0.4 is 0 Å². The first-order valence-corrected chi connectivity index (χ1v) is 21.5.